The Morgan fingerprint density at radius 3 is 2.28 bits per heavy atom. The zero-order chi connectivity index (χ0) is 27.9. The van der Waals surface area contributed by atoms with Gasteiger partial charge in [-0.15, -0.1) is 0 Å². The molecule has 0 spiro atoms. The lowest BCUT2D eigenvalue weighted by Gasteiger charge is -2.34. The summed E-state index contributed by atoms with van der Waals surface area (Å²) in [6.45, 7) is 2.79. The first kappa shape index (κ1) is 28.2. The van der Waals surface area contributed by atoms with E-state index in [2.05, 4.69) is 0 Å². The number of carbonyl (C=O) groups excluding carboxylic acids is 2. The lowest BCUT2D eigenvalue weighted by Crippen LogP contribution is -2.49. The van der Waals surface area contributed by atoms with Crippen molar-refractivity contribution in [2.75, 3.05) is 48.1 Å². The molecule has 1 amide bonds. The van der Waals surface area contributed by atoms with Crippen LogP contribution in [0.3, 0.4) is 0 Å². The molecular weight excluding hydrogens is 502 g/mol. The van der Waals surface area contributed by atoms with Crippen LogP contribution in [0.25, 0.3) is 0 Å². The van der Waals surface area contributed by atoms with Gasteiger partial charge in [0.25, 0.3) is 5.91 Å². The Morgan fingerprint density at radius 1 is 0.923 bits per heavy atom. The van der Waals surface area contributed by atoms with Gasteiger partial charge in [0.1, 0.15) is 29.0 Å². The fraction of sp³-hybridized carbons (Fsp3) is 0.483. The molecule has 2 aromatic carbocycles. The first-order chi connectivity index (χ1) is 18.9. The van der Waals surface area contributed by atoms with Crippen molar-refractivity contribution in [2.24, 2.45) is 5.10 Å². The van der Waals surface area contributed by atoms with E-state index in [0.717, 1.165) is 24.0 Å². The molecule has 2 aliphatic rings. The van der Waals surface area contributed by atoms with E-state index in [1.54, 1.807) is 47.5 Å². The van der Waals surface area contributed by atoms with Gasteiger partial charge < -0.3 is 23.7 Å². The van der Waals surface area contributed by atoms with Crippen molar-refractivity contribution in [2.45, 2.75) is 44.7 Å². The van der Waals surface area contributed by atoms with Crippen LogP contribution in [-0.4, -0.2) is 81.7 Å². The zero-order valence-corrected chi connectivity index (χ0v) is 23.3. The van der Waals surface area contributed by atoms with E-state index >= 15 is 0 Å². The fourth-order valence-electron chi connectivity index (χ4n) is 5.21. The second-order valence-corrected chi connectivity index (χ2v) is 9.41. The van der Waals surface area contributed by atoms with E-state index in [9.17, 15) is 9.59 Å². The lowest BCUT2D eigenvalue weighted by atomic mass is 9.96. The SMILES string of the molecule is CCOC(=O)[C@@H]1CCCCN1CC(=O)N1N=C(c2ccc(OC)cc2OC)C[C@@H]1c1ccc(OC)cc1OC. The standard InChI is InChI=1S/C29H37N3O7/c1-6-39-29(34)24-9-7-8-14-31(24)18-28(33)32-25(22-13-11-20(36-3)16-27(22)38-5)17-23(30-32)21-12-10-19(35-2)15-26(21)37-4/h10-13,15-16,24-25H,6-9,14,17-18H2,1-5H3/t24-,25+/m0/s1. The van der Waals surface area contributed by atoms with E-state index in [4.69, 9.17) is 28.8 Å². The van der Waals surface area contributed by atoms with Crippen molar-refractivity contribution >= 4 is 17.6 Å². The van der Waals surface area contributed by atoms with Crippen LogP contribution in [0.1, 0.15) is 49.8 Å². The summed E-state index contributed by atoms with van der Waals surface area (Å²) in [5.41, 5.74) is 2.28. The third-order valence-corrected chi connectivity index (χ3v) is 7.20. The molecule has 0 aliphatic carbocycles. The number of nitrogens with zero attached hydrogens (tertiary/aromatic N) is 3. The maximum absolute atomic E-state index is 13.9. The number of methoxy groups -OCH3 is 4. The Labute approximate surface area is 229 Å². The molecule has 1 fully saturated rings. The highest BCUT2D eigenvalue weighted by atomic mass is 16.5. The number of amides is 1. The second-order valence-electron chi connectivity index (χ2n) is 9.41. The van der Waals surface area contributed by atoms with Crippen molar-refractivity contribution in [1.29, 1.82) is 0 Å². The van der Waals surface area contributed by atoms with Crippen molar-refractivity contribution in [3.05, 3.63) is 47.5 Å². The normalized spacial score (nSPS) is 19.3. The van der Waals surface area contributed by atoms with Crippen LogP contribution in [-0.2, 0) is 14.3 Å². The Balaban J connectivity index is 1.70. The monoisotopic (exact) mass is 539 g/mol. The Morgan fingerprint density at radius 2 is 1.62 bits per heavy atom. The highest BCUT2D eigenvalue weighted by molar-refractivity contribution is 6.05. The number of rotatable bonds is 10. The third kappa shape index (κ3) is 6.11. The minimum atomic E-state index is -0.440. The molecule has 4 rings (SSSR count). The molecule has 0 saturated carbocycles. The van der Waals surface area contributed by atoms with Gasteiger partial charge in [0.05, 0.1) is 53.3 Å². The van der Waals surface area contributed by atoms with Crippen molar-refractivity contribution in [1.82, 2.24) is 9.91 Å². The quantitative estimate of drug-likeness (QED) is 0.421. The lowest BCUT2D eigenvalue weighted by molar-refractivity contribution is -0.152. The minimum absolute atomic E-state index is 0.0506. The van der Waals surface area contributed by atoms with Crippen LogP contribution >= 0.6 is 0 Å². The van der Waals surface area contributed by atoms with Gasteiger partial charge >= 0.3 is 5.97 Å². The minimum Gasteiger partial charge on any atom is -0.497 e. The summed E-state index contributed by atoms with van der Waals surface area (Å²) in [6.07, 6.45) is 2.94. The molecular formula is C29H37N3O7. The van der Waals surface area contributed by atoms with Crippen LogP contribution in [0.15, 0.2) is 41.5 Å². The molecule has 10 nitrogen and oxygen atoms in total. The van der Waals surface area contributed by atoms with Crippen LogP contribution < -0.4 is 18.9 Å². The predicted molar refractivity (Wildman–Crippen MR) is 146 cm³/mol. The number of hydrogen-bond donors (Lipinski definition) is 0. The maximum atomic E-state index is 13.9. The molecule has 0 radical (unpaired) electrons. The molecule has 0 aromatic heterocycles. The molecule has 0 bridgehead atoms. The van der Waals surface area contributed by atoms with Gasteiger partial charge in [-0.1, -0.05) is 6.42 Å². The summed E-state index contributed by atoms with van der Waals surface area (Å²) in [7, 11) is 6.37. The average Bonchev–Trinajstić information content (AvgIpc) is 3.42. The fourth-order valence-corrected chi connectivity index (χ4v) is 5.21. The van der Waals surface area contributed by atoms with Gasteiger partial charge in [-0.2, -0.15) is 5.10 Å². The molecule has 2 atom stereocenters. The molecule has 0 unspecified atom stereocenters. The molecule has 0 N–H and O–H groups in total. The van der Waals surface area contributed by atoms with Gasteiger partial charge in [0, 0.05) is 29.7 Å². The first-order valence-electron chi connectivity index (χ1n) is 13.2. The number of piperidine rings is 1. The van der Waals surface area contributed by atoms with E-state index in [1.807, 2.05) is 29.2 Å². The number of benzene rings is 2. The molecule has 1 saturated heterocycles. The summed E-state index contributed by atoms with van der Waals surface area (Å²) in [5, 5.41) is 6.33. The number of esters is 1. The number of carbonyl (C=O) groups is 2. The van der Waals surface area contributed by atoms with E-state index in [0.29, 0.717) is 54.7 Å². The van der Waals surface area contributed by atoms with Crippen LogP contribution in [0.4, 0.5) is 0 Å². The van der Waals surface area contributed by atoms with Gasteiger partial charge in [-0.05, 0) is 50.6 Å². The molecule has 2 aliphatic heterocycles. The highest BCUT2D eigenvalue weighted by Gasteiger charge is 2.38. The number of hydrogen-bond acceptors (Lipinski definition) is 9. The second kappa shape index (κ2) is 12.8. The van der Waals surface area contributed by atoms with Crippen molar-refractivity contribution in [3.63, 3.8) is 0 Å². The van der Waals surface area contributed by atoms with E-state index in [-0.39, 0.29) is 18.4 Å². The molecule has 2 aromatic rings. The van der Waals surface area contributed by atoms with Gasteiger partial charge in [0.15, 0.2) is 0 Å². The van der Waals surface area contributed by atoms with E-state index < -0.39 is 12.1 Å². The zero-order valence-electron chi connectivity index (χ0n) is 23.3. The highest BCUT2D eigenvalue weighted by Crippen LogP contribution is 2.41. The van der Waals surface area contributed by atoms with Crippen LogP contribution in [0.5, 0.6) is 23.0 Å². The molecule has 2 heterocycles. The number of likely N-dealkylation sites (tertiary alicyclic amines) is 1. The van der Waals surface area contributed by atoms with Crippen LogP contribution in [0.2, 0.25) is 0 Å². The van der Waals surface area contributed by atoms with Crippen molar-refractivity contribution < 1.29 is 33.3 Å². The first-order valence-corrected chi connectivity index (χ1v) is 13.2. The summed E-state index contributed by atoms with van der Waals surface area (Å²) >= 11 is 0. The smallest absolute Gasteiger partial charge is 0.323 e. The van der Waals surface area contributed by atoms with E-state index in [1.165, 1.54) is 5.01 Å². The summed E-state index contributed by atoms with van der Waals surface area (Å²) in [6, 6.07) is 10.2. The van der Waals surface area contributed by atoms with Crippen LogP contribution in [0, 0.1) is 0 Å². The molecule has 210 valence electrons. The molecule has 39 heavy (non-hydrogen) atoms. The Kier molecular flexibility index (Phi) is 9.29. The largest absolute Gasteiger partial charge is 0.497 e. The van der Waals surface area contributed by atoms with Gasteiger partial charge in [-0.3, -0.25) is 14.5 Å². The van der Waals surface area contributed by atoms with Gasteiger partial charge in [-0.25, -0.2) is 5.01 Å². The predicted octanol–water partition coefficient (Wildman–Crippen LogP) is 3.82. The van der Waals surface area contributed by atoms with Crippen molar-refractivity contribution in [3.8, 4) is 23.0 Å². The number of ether oxygens (including phenoxy) is 5. The molecule has 10 heteroatoms. The topological polar surface area (TPSA) is 99.1 Å². The maximum Gasteiger partial charge on any atom is 0.323 e. The number of hydrazone groups is 1. The average molecular weight is 540 g/mol. The van der Waals surface area contributed by atoms with Gasteiger partial charge in [0.2, 0.25) is 0 Å². The summed E-state index contributed by atoms with van der Waals surface area (Å²) in [5.74, 6) is 2.00. The Hall–Kier alpha value is -3.79. The Bertz CT molecular complexity index is 1220. The third-order valence-electron chi connectivity index (χ3n) is 7.20. The summed E-state index contributed by atoms with van der Waals surface area (Å²) in [4.78, 5) is 28.4. The summed E-state index contributed by atoms with van der Waals surface area (Å²) < 4.78 is 27.3.